The number of halogens is 6. The van der Waals surface area contributed by atoms with Gasteiger partial charge in [-0.25, -0.2) is 8.78 Å². The number of alkyl halides is 3. The highest BCUT2D eigenvalue weighted by Crippen LogP contribution is 2.24. The van der Waals surface area contributed by atoms with Crippen LogP contribution in [-0.4, -0.2) is 55.7 Å². The van der Waals surface area contributed by atoms with Gasteiger partial charge >= 0.3 is 6.18 Å². The van der Waals surface area contributed by atoms with Crippen LogP contribution in [0, 0.1) is 11.6 Å². The maximum atomic E-state index is 13.5. The smallest absolute Gasteiger partial charge is 0.354 e. The Labute approximate surface area is 148 Å². The summed E-state index contributed by atoms with van der Waals surface area (Å²) in [5, 5.41) is 5.13. The molecule has 1 aromatic carbocycles. The minimum absolute atomic E-state index is 0. The Morgan fingerprint density at radius 1 is 1.24 bits per heavy atom. The summed E-state index contributed by atoms with van der Waals surface area (Å²) in [7, 11) is 0. The molecule has 1 aliphatic rings. The van der Waals surface area contributed by atoms with Gasteiger partial charge in [-0.05, 0) is 18.2 Å². The molecule has 0 spiro atoms. The molecule has 2 rings (SSSR count). The minimum atomic E-state index is -4.49. The Morgan fingerprint density at radius 2 is 1.88 bits per heavy atom. The van der Waals surface area contributed by atoms with Crippen LogP contribution in [0.3, 0.4) is 0 Å². The molecule has 25 heavy (non-hydrogen) atoms. The van der Waals surface area contributed by atoms with Gasteiger partial charge in [0.15, 0.2) is 0 Å². The van der Waals surface area contributed by atoms with Crippen LogP contribution in [0.2, 0.25) is 0 Å². The highest BCUT2D eigenvalue weighted by molar-refractivity contribution is 5.85. The number of nitrogens with zero attached hydrogens (tertiary/aromatic N) is 1. The van der Waals surface area contributed by atoms with Crippen molar-refractivity contribution in [1.82, 2.24) is 15.5 Å². The summed E-state index contributed by atoms with van der Waals surface area (Å²) < 4.78 is 66.0. The number of amides is 1. The average Bonchev–Trinajstić information content (AvgIpc) is 2.51. The summed E-state index contributed by atoms with van der Waals surface area (Å²) in [5.74, 6) is -2.28. The lowest BCUT2D eigenvalue weighted by Crippen LogP contribution is -2.57. The Hall–Kier alpha value is -1.45. The van der Waals surface area contributed by atoms with Crippen LogP contribution in [0.25, 0.3) is 0 Å². The van der Waals surface area contributed by atoms with E-state index in [9.17, 15) is 26.7 Å². The van der Waals surface area contributed by atoms with E-state index in [0.29, 0.717) is 13.1 Å². The minimum Gasteiger partial charge on any atom is -0.354 e. The number of hydrogen-bond acceptors (Lipinski definition) is 3. The second-order valence-corrected chi connectivity index (χ2v) is 5.56. The van der Waals surface area contributed by atoms with Gasteiger partial charge in [0.05, 0.1) is 6.42 Å². The fourth-order valence-corrected chi connectivity index (χ4v) is 2.57. The van der Waals surface area contributed by atoms with E-state index in [1.165, 1.54) is 4.90 Å². The lowest BCUT2D eigenvalue weighted by atomic mass is 10.1. The van der Waals surface area contributed by atoms with Crippen molar-refractivity contribution in [1.29, 1.82) is 0 Å². The number of nitrogens with one attached hydrogen (secondary N) is 2. The van der Waals surface area contributed by atoms with Gasteiger partial charge in [0.25, 0.3) is 0 Å². The third-order valence-electron chi connectivity index (χ3n) is 3.82. The Morgan fingerprint density at radius 3 is 2.48 bits per heavy atom. The average molecular weight is 388 g/mol. The fourth-order valence-electron chi connectivity index (χ4n) is 2.57. The van der Waals surface area contributed by atoms with E-state index in [1.54, 1.807) is 0 Å². The number of hydrogen-bond donors (Lipinski definition) is 2. The molecule has 0 bridgehead atoms. The van der Waals surface area contributed by atoms with Crippen LogP contribution < -0.4 is 10.6 Å². The van der Waals surface area contributed by atoms with Crippen molar-refractivity contribution in [3.05, 3.63) is 35.4 Å². The molecular weight excluding hydrogens is 369 g/mol. The zero-order chi connectivity index (χ0) is 17.7. The van der Waals surface area contributed by atoms with E-state index in [1.807, 2.05) is 0 Å². The molecule has 2 N–H and O–H groups in total. The van der Waals surface area contributed by atoms with Crippen LogP contribution in [0.1, 0.15) is 5.56 Å². The summed E-state index contributed by atoms with van der Waals surface area (Å²) >= 11 is 0. The van der Waals surface area contributed by atoms with Gasteiger partial charge < -0.3 is 10.6 Å². The predicted octanol–water partition coefficient (Wildman–Crippen LogP) is 1.88. The van der Waals surface area contributed by atoms with Crippen LogP contribution in [0.4, 0.5) is 22.0 Å². The van der Waals surface area contributed by atoms with E-state index >= 15 is 0 Å². The summed E-state index contributed by atoms with van der Waals surface area (Å²) in [6.07, 6.45) is -5.01. The van der Waals surface area contributed by atoms with E-state index in [-0.39, 0.29) is 31.1 Å². The lowest BCUT2D eigenvalue weighted by molar-refractivity contribution is -0.184. The topological polar surface area (TPSA) is 44.4 Å². The highest BCUT2D eigenvalue weighted by atomic mass is 35.5. The summed E-state index contributed by atoms with van der Waals surface area (Å²) in [6.45, 7) is 0.695. The molecule has 142 valence electrons. The number of piperazine rings is 1. The molecule has 0 aliphatic carbocycles. The standard InChI is InChI=1S/C15H18F5N3O.ClH/c16-11-1-2-12(17)10(7-11)8-14(24)22-9-13(15(18,19)20)23-5-3-21-4-6-23;/h1-2,7,13,21H,3-6,8-9H2,(H,22,24);1H. The molecule has 0 aromatic heterocycles. The highest BCUT2D eigenvalue weighted by Gasteiger charge is 2.43. The van der Waals surface area contributed by atoms with Gasteiger partial charge in [0.2, 0.25) is 5.91 Å². The van der Waals surface area contributed by atoms with Gasteiger partial charge in [-0.15, -0.1) is 12.4 Å². The molecule has 1 aliphatic heterocycles. The molecule has 1 atom stereocenters. The Bertz CT molecular complexity index is 579. The number of carbonyl (C=O) groups is 1. The zero-order valence-corrected chi connectivity index (χ0v) is 14.0. The second-order valence-electron chi connectivity index (χ2n) is 5.56. The van der Waals surface area contributed by atoms with Crippen molar-refractivity contribution in [2.45, 2.75) is 18.6 Å². The molecule has 10 heteroatoms. The first-order chi connectivity index (χ1) is 11.3. The third-order valence-corrected chi connectivity index (χ3v) is 3.82. The second kappa shape index (κ2) is 9.30. The van der Waals surface area contributed by atoms with Crippen molar-refractivity contribution < 1.29 is 26.7 Å². The van der Waals surface area contributed by atoms with E-state index in [2.05, 4.69) is 10.6 Å². The predicted molar refractivity (Wildman–Crippen MR) is 84.6 cm³/mol. The van der Waals surface area contributed by atoms with Crippen molar-refractivity contribution >= 4 is 18.3 Å². The van der Waals surface area contributed by atoms with Crippen LogP contribution >= 0.6 is 12.4 Å². The molecule has 1 saturated heterocycles. The first-order valence-corrected chi connectivity index (χ1v) is 7.49. The quantitative estimate of drug-likeness (QED) is 0.758. The summed E-state index contributed by atoms with van der Waals surface area (Å²) in [4.78, 5) is 13.0. The first-order valence-electron chi connectivity index (χ1n) is 7.49. The molecule has 4 nitrogen and oxygen atoms in total. The third kappa shape index (κ3) is 6.41. The Balaban J connectivity index is 0.00000312. The van der Waals surface area contributed by atoms with Crippen molar-refractivity contribution in [2.75, 3.05) is 32.7 Å². The lowest BCUT2D eigenvalue weighted by Gasteiger charge is -2.35. The van der Waals surface area contributed by atoms with E-state index in [4.69, 9.17) is 0 Å². The van der Waals surface area contributed by atoms with Crippen LogP contribution in [0.5, 0.6) is 0 Å². The molecule has 1 heterocycles. The summed E-state index contributed by atoms with van der Waals surface area (Å²) in [6, 6.07) is 0.825. The van der Waals surface area contributed by atoms with Gasteiger partial charge in [0.1, 0.15) is 17.7 Å². The maximum Gasteiger partial charge on any atom is 0.405 e. The van der Waals surface area contributed by atoms with E-state index < -0.39 is 42.7 Å². The molecule has 1 unspecified atom stereocenters. The molecule has 1 aromatic rings. The fraction of sp³-hybridized carbons (Fsp3) is 0.533. The summed E-state index contributed by atoms with van der Waals surface area (Å²) in [5.41, 5.74) is -0.196. The number of rotatable bonds is 5. The first kappa shape index (κ1) is 21.6. The molecule has 1 fully saturated rings. The zero-order valence-electron chi connectivity index (χ0n) is 13.2. The van der Waals surface area contributed by atoms with Crippen molar-refractivity contribution in [3.8, 4) is 0 Å². The van der Waals surface area contributed by atoms with Crippen molar-refractivity contribution in [3.63, 3.8) is 0 Å². The SMILES string of the molecule is Cl.O=C(Cc1cc(F)ccc1F)NCC(N1CCNCC1)C(F)(F)F. The van der Waals surface area contributed by atoms with Gasteiger partial charge in [0, 0.05) is 38.3 Å². The number of benzene rings is 1. The molecule has 0 radical (unpaired) electrons. The molecule has 1 amide bonds. The van der Waals surface area contributed by atoms with Crippen LogP contribution in [-0.2, 0) is 11.2 Å². The van der Waals surface area contributed by atoms with Gasteiger partial charge in [-0.2, -0.15) is 13.2 Å². The molecule has 0 saturated carbocycles. The van der Waals surface area contributed by atoms with Gasteiger partial charge in [-0.3, -0.25) is 9.69 Å². The largest absolute Gasteiger partial charge is 0.405 e. The van der Waals surface area contributed by atoms with Crippen LogP contribution in [0.15, 0.2) is 18.2 Å². The van der Waals surface area contributed by atoms with E-state index in [0.717, 1.165) is 18.2 Å². The van der Waals surface area contributed by atoms with Crippen molar-refractivity contribution in [2.24, 2.45) is 0 Å². The maximum absolute atomic E-state index is 13.5. The molecular formula is C15H19ClF5N3O. The van der Waals surface area contributed by atoms with Gasteiger partial charge in [-0.1, -0.05) is 0 Å². The monoisotopic (exact) mass is 387 g/mol. The Kier molecular flexibility index (Phi) is 8.04. The normalized spacial score (nSPS) is 16.8. The number of carbonyl (C=O) groups excluding carboxylic acids is 1.